The van der Waals surface area contributed by atoms with Crippen LogP contribution in [0, 0.1) is 29.1 Å². The molecule has 0 aliphatic rings. The Balaban J connectivity index is 5.73. The summed E-state index contributed by atoms with van der Waals surface area (Å²) in [5.41, 5.74) is -1.49. The van der Waals surface area contributed by atoms with Crippen molar-refractivity contribution in [2.45, 2.75) is 287 Å². The van der Waals surface area contributed by atoms with Gasteiger partial charge in [-0.3, -0.25) is 38.4 Å². The van der Waals surface area contributed by atoms with Crippen molar-refractivity contribution in [1.29, 1.82) is 0 Å². The Labute approximate surface area is 501 Å². The van der Waals surface area contributed by atoms with Crippen molar-refractivity contribution < 1.29 is 81.0 Å². The molecule has 0 spiro atoms. The van der Waals surface area contributed by atoms with E-state index in [1.165, 1.54) is 0 Å². The summed E-state index contributed by atoms with van der Waals surface area (Å²) in [6.07, 6.45) is 23.0. The van der Waals surface area contributed by atoms with Gasteiger partial charge in [0.25, 0.3) is 0 Å². The van der Waals surface area contributed by atoms with Gasteiger partial charge >= 0.3 is 47.8 Å². The number of carbonyl (C=O) groups excluding carboxylic acids is 9. The number of esters is 8. The van der Waals surface area contributed by atoms with Gasteiger partial charge in [-0.15, -0.1) is 0 Å². The molecule has 0 rings (SSSR count). The molecule has 0 radical (unpaired) electrons. The summed E-state index contributed by atoms with van der Waals surface area (Å²) in [6.45, 7) is 16.5. The van der Waals surface area contributed by atoms with Crippen molar-refractivity contribution in [1.82, 2.24) is 0 Å². The van der Waals surface area contributed by atoms with Gasteiger partial charge in [0, 0.05) is 51.4 Å². The van der Waals surface area contributed by atoms with Gasteiger partial charge in [0.2, 0.25) is 5.78 Å². The number of hydrogen-bond donors (Lipinski definition) is 0. The van der Waals surface area contributed by atoms with E-state index in [1.807, 2.05) is 0 Å². The number of Topliss-reactive ketones (excluding diaryl/α,β-unsaturated/α-hetero) is 1. The van der Waals surface area contributed by atoms with E-state index < -0.39 is 67.5 Å². The first-order valence-corrected chi connectivity index (χ1v) is 32.5. The highest BCUT2D eigenvalue weighted by Gasteiger charge is 2.38. The molecule has 0 aliphatic carbocycles. The van der Waals surface area contributed by atoms with E-state index in [-0.39, 0.29) is 76.4 Å². The van der Waals surface area contributed by atoms with Crippen LogP contribution in [0.15, 0.2) is 0 Å². The number of hydrogen-bond acceptors (Lipinski definition) is 17. The Kier molecular flexibility index (Phi) is 50.0. The molecule has 0 bridgehead atoms. The number of carbonyl (C=O) groups is 9. The molecule has 17 heteroatoms. The van der Waals surface area contributed by atoms with Crippen LogP contribution in [0.5, 0.6) is 0 Å². The van der Waals surface area contributed by atoms with Crippen molar-refractivity contribution in [3.05, 3.63) is 0 Å². The van der Waals surface area contributed by atoms with Crippen LogP contribution in [-0.2, 0) is 81.0 Å². The van der Waals surface area contributed by atoms with Gasteiger partial charge in [0.05, 0.1) is 26.4 Å². The third-order valence-electron chi connectivity index (χ3n) is 14.2. The Hall–Kier alpha value is -4.57. The van der Waals surface area contributed by atoms with Gasteiger partial charge < -0.3 is 37.9 Å². The van der Waals surface area contributed by atoms with Gasteiger partial charge in [-0.2, -0.15) is 0 Å². The summed E-state index contributed by atoms with van der Waals surface area (Å²) in [5, 5.41) is 0. The molecule has 83 heavy (non-hydrogen) atoms. The predicted octanol–water partition coefficient (Wildman–Crippen LogP) is 14.6. The summed E-state index contributed by atoms with van der Waals surface area (Å²) < 4.78 is 44.4. The lowest BCUT2D eigenvalue weighted by Crippen LogP contribution is -2.44. The lowest BCUT2D eigenvalue weighted by Gasteiger charge is -2.31. The van der Waals surface area contributed by atoms with E-state index in [0.717, 1.165) is 96.3 Å². The van der Waals surface area contributed by atoms with E-state index in [2.05, 4.69) is 55.4 Å². The molecule has 0 atom stereocenters. The van der Waals surface area contributed by atoms with Crippen LogP contribution in [-0.4, -0.2) is 106 Å². The van der Waals surface area contributed by atoms with Crippen molar-refractivity contribution >= 4 is 53.5 Å². The van der Waals surface area contributed by atoms with Crippen molar-refractivity contribution in [3.8, 4) is 0 Å². The fourth-order valence-corrected chi connectivity index (χ4v) is 8.80. The second-order valence-corrected chi connectivity index (χ2v) is 24.6. The highest BCUT2D eigenvalue weighted by Crippen LogP contribution is 2.24. The summed E-state index contributed by atoms with van der Waals surface area (Å²) in [6, 6.07) is 0. The van der Waals surface area contributed by atoms with Crippen LogP contribution in [0.4, 0.5) is 0 Å². The minimum Gasteiger partial charge on any atom is -0.466 e. The number of ether oxygens (including phenoxy) is 8. The monoisotopic (exact) mass is 1180 g/mol. The summed E-state index contributed by atoms with van der Waals surface area (Å²) in [7, 11) is 0. The second-order valence-electron chi connectivity index (χ2n) is 24.6. The summed E-state index contributed by atoms with van der Waals surface area (Å²) in [4.78, 5) is 114. The maximum absolute atomic E-state index is 13.3. The fraction of sp³-hybridized carbons (Fsp3) is 0.864. The molecule has 0 unspecified atom stereocenters. The first kappa shape index (κ1) is 78.4. The van der Waals surface area contributed by atoms with Gasteiger partial charge in [-0.1, -0.05) is 132 Å². The lowest BCUT2D eigenvalue weighted by atomic mass is 9.92. The van der Waals surface area contributed by atoms with Crippen LogP contribution in [0.1, 0.15) is 287 Å². The Morgan fingerprint density at radius 3 is 0.687 bits per heavy atom. The molecule has 17 nitrogen and oxygen atoms in total. The largest absolute Gasteiger partial charge is 0.466 e. The fourth-order valence-electron chi connectivity index (χ4n) is 8.80. The van der Waals surface area contributed by atoms with Crippen molar-refractivity contribution in [2.75, 3.05) is 52.9 Å². The normalized spacial score (nSPS) is 11.5. The second kappa shape index (κ2) is 52.9. The van der Waals surface area contributed by atoms with Gasteiger partial charge in [0.15, 0.2) is 0 Å². The zero-order valence-corrected chi connectivity index (χ0v) is 53.4. The van der Waals surface area contributed by atoms with Gasteiger partial charge in [-0.25, -0.2) is 4.79 Å². The maximum atomic E-state index is 13.3. The van der Waals surface area contributed by atoms with Crippen LogP contribution in [0.3, 0.4) is 0 Å². The minimum absolute atomic E-state index is 0.0203. The zero-order valence-electron chi connectivity index (χ0n) is 53.4. The van der Waals surface area contributed by atoms with Crippen LogP contribution >= 0.6 is 0 Å². The molecule has 0 amide bonds. The minimum atomic E-state index is -1.49. The standard InChI is InChI=1S/C66H116O17/c1-53(2)33-17-9-21-37-57(67)65(75)79-48-32-16-28-44-64(74)83-52-66(49-80-61(71)41-25-13-29-45-76-58(68)38-22-10-18-34-54(3)4,50-81-62(72)42-26-14-30-46-77-59(69)39-23-11-19-35-55(5)6)51-82-63(73)43-27-15-31-47-78-60(70)40-24-12-20-36-56(7)8/h53-56H,9-52H2,1-8H3. The average Bonchev–Trinajstić information content (AvgIpc) is 3.45. The zero-order chi connectivity index (χ0) is 61.8. The SMILES string of the molecule is CC(C)CCCCCC(=O)OCCCCCC(=O)OCC(COC(=O)CCCCCOC(=O)CCCCCC(C)C)(COC(=O)CCCCCOC(=O)CCCCCC(C)C)COC(=O)CCCCCOC(=O)C(=O)CCCCCC(C)C. The molecular formula is C66H116O17. The smallest absolute Gasteiger partial charge is 0.374 e. The van der Waals surface area contributed by atoms with E-state index >= 15 is 0 Å². The number of unbranched alkanes of at least 4 members (excludes halogenated alkanes) is 16. The van der Waals surface area contributed by atoms with Crippen molar-refractivity contribution in [2.24, 2.45) is 29.1 Å². The molecule has 0 heterocycles. The van der Waals surface area contributed by atoms with Crippen LogP contribution in [0.2, 0.25) is 0 Å². The van der Waals surface area contributed by atoms with E-state index in [9.17, 15) is 43.2 Å². The molecule has 0 fully saturated rings. The molecule has 0 aromatic rings. The van der Waals surface area contributed by atoms with Gasteiger partial charge in [0.1, 0.15) is 31.8 Å². The highest BCUT2D eigenvalue weighted by molar-refractivity contribution is 6.33. The van der Waals surface area contributed by atoms with Gasteiger partial charge in [-0.05, 0) is 126 Å². The van der Waals surface area contributed by atoms with E-state index in [1.54, 1.807) is 0 Å². The number of rotatable bonds is 57. The van der Waals surface area contributed by atoms with Crippen LogP contribution in [0.25, 0.3) is 0 Å². The average molecular weight is 1180 g/mol. The molecule has 0 saturated carbocycles. The summed E-state index contributed by atoms with van der Waals surface area (Å²) in [5.74, 6) is -1.92. The molecule has 0 N–H and O–H groups in total. The Morgan fingerprint density at radius 2 is 0.446 bits per heavy atom. The van der Waals surface area contributed by atoms with Crippen LogP contribution < -0.4 is 0 Å². The van der Waals surface area contributed by atoms with E-state index in [4.69, 9.17) is 37.9 Å². The first-order valence-electron chi connectivity index (χ1n) is 32.5. The van der Waals surface area contributed by atoms with E-state index in [0.29, 0.717) is 126 Å². The third kappa shape index (κ3) is 52.7. The maximum Gasteiger partial charge on any atom is 0.374 e. The quantitative estimate of drug-likeness (QED) is 0.0239. The molecule has 0 aromatic carbocycles. The molecule has 0 aromatic heterocycles. The number of ketones is 1. The highest BCUT2D eigenvalue weighted by atomic mass is 16.6. The third-order valence-corrected chi connectivity index (χ3v) is 14.2. The van der Waals surface area contributed by atoms with Crippen molar-refractivity contribution in [3.63, 3.8) is 0 Å². The molecule has 0 saturated heterocycles. The topological polar surface area (TPSA) is 227 Å². The first-order chi connectivity index (χ1) is 39.7. The Bertz CT molecular complexity index is 1600. The molecule has 482 valence electrons. The lowest BCUT2D eigenvalue weighted by molar-refractivity contribution is -0.171. The summed E-state index contributed by atoms with van der Waals surface area (Å²) >= 11 is 0. The Morgan fingerprint density at radius 1 is 0.241 bits per heavy atom. The molecule has 0 aliphatic heterocycles. The predicted molar refractivity (Wildman–Crippen MR) is 321 cm³/mol. The molecular weight excluding hydrogens is 1060 g/mol.